The van der Waals surface area contributed by atoms with Crippen molar-refractivity contribution in [2.45, 2.75) is 119 Å². The molecule has 26 heavy (non-hydrogen) atoms. The first-order chi connectivity index (χ1) is 11.8. The molecule has 0 unspecified atom stereocenters. The third-order valence-electron chi connectivity index (χ3n) is 9.23. The molecule has 0 radical (unpaired) electrons. The van der Waals surface area contributed by atoms with E-state index in [9.17, 15) is 5.11 Å². The number of ether oxygens (including phenoxy) is 2. The molecule has 3 heterocycles. The summed E-state index contributed by atoms with van der Waals surface area (Å²) in [5.74, 6) is 0.702. The van der Waals surface area contributed by atoms with E-state index in [1.165, 1.54) is 0 Å². The fourth-order valence-corrected chi connectivity index (χ4v) is 7.87. The zero-order chi connectivity index (χ0) is 19.0. The largest absolute Gasteiger partial charge is 0.411 e. The Hall–Kier alpha value is 0.0569. The van der Waals surface area contributed by atoms with Crippen LogP contribution in [0.1, 0.15) is 66.7 Å². The Morgan fingerprint density at radius 3 is 2.27 bits per heavy atom. The normalized spacial score (nSPS) is 55.6. The minimum absolute atomic E-state index is 0.0644. The van der Waals surface area contributed by atoms with Crippen LogP contribution >= 0.6 is 0 Å². The fourth-order valence-electron chi connectivity index (χ4n) is 6.49. The minimum atomic E-state index is -1.92. The van der Waals surface area contributed by atoms with Crippen molar-refractivity contribution in [1.29, 1.82) is 0 Å². The topological polar surface area (TPSA) is 51.2 Å². The zero-order valence-electron chi connectivity index (χ0n) is 17.5. The molecule has 0 amide bonds. The van der Waals surface area contributed by atoms with Crippen LogP contribution in [0.4, 0.5) is 0 Å². The number of rotatable bonds is 3. The number of hydrogen-bond acceptors (Lipinski definition) is 4. The van der Waals surface area contributed by atoms with E-state index >= 15 is 0 Å². The van der Waals surface area contributed by atoms with Crippen LogP contribution in [0.15, 0.2) is 0 Å². The molecule has 0 aromatic rings. The van der Waals surface area contributed by atoms with Gasteiger partial charge in [0, 0.05) is 12.3 Å². The van der Waals surface area contributed by atoms with Crippen LogP contribution in [0.25, 0.3) is 0 Å². The highest BCUT2D eigenvalue weighted by atomic mass is 28.4. The number of aliphatic hydroxyl groups excluding tert-OH is 1. The molecule has 0 aromatic carbocycles. The van der Waals surface area contributed by atoms with Gasteiger partial charge in [-0.25, -0.2) is 0 Å². The van der Waals surface area contributed by atoms with Crippen LogP contribution in [-0.4, -0.2) is 48.0 Å². The van der Waals surface area contributed by atoms with Crippen molar-refractivity contribution in [2.75, 3.05) is 0 Å². The lowest BCUT2D eigenvalue weighted by atomic mass is 9.70. The third-order valence-corrected chi connectivity index (χ3v) is 13.7. The molecule has 3 aliphatic heterocycles. The van der Waals surface area contributed by atoms with Crippen molar-refractivity contribution < 1.29 is 19.0 Å². The summed E-state index contributed by atoms with van der Waals surface area (Å²) in [5, 5.41) is 11.8. The van der Waals surface area contributed by atoms with Gasteiger partial charge in [0.05, 0.1) is 17.3 Å². The van der Waals surface area contributed by atoms with Gasteiger partial charge in [-0.3, -0.25) is 0 Å². The molecule has 5 fully saturated rings. The minimum Gasteiger partial charge on any atom is -0.411 e. The van der Waals surface area contributed by atoms with Crippen LogP contribution in [0.3, 0.4) is 0 Å². The molecule has 5 rings (SSSR count). The van der Waals surface area contributed by atoms with Crippen LogP contribution in [0, 0.1) is 11.8 Å². The summed E-state index contributed by atoms with van der Waals surface area (Å²) in [4.78, 5) is 0. The van der Waals surface area contributed by atoms with Gasteiger partial charge < -0.3 is 19.0 Å². The third kappa shape index (κ3) is 1.85. The lowest BCUT2D eigenvalue weighted by molar-refractivity contribution is -0.256. The second-order valence-electron chi connectivity index (χ2n) is 11.7. The number of fused-ring (bicyclic) bond motifs is 3. The molecule has 5 heteroatoms. The van der Waals surface area contributed by atoms with Crippen molar-refractivity contribution in [2.24, 2.45) is 11.8 Å². The predicted molar refractivity (Wildman–Crippen MR) is 103 cm³/mol. The molecule has 2 aliphatic carbocycles. The van der Waals surface area contributed by atoms with E-state index in [4.69, 9.17) is 13.9 Å². The second kappa shape index (κ2) is 4.61. The van der Waals surface area contributed by atoms with Gasteiger partial charge in [0.1, 0.15) is 17.3 Å². The average molecular weight is 381 g/mol. The molecular formula is C21H36O4Si. The Morgan fingerprint density at radius 1 is 1.08 bits per heavy atom. The molecule has 2 bridgehead atoms. The van der Waals surface area contributed by atoms with Crippen LogP contribution < -0.4 is 0 Å². The molecular weight excluding hydrogens is 344 g/mol. The van der Waals surface area contributed by atoms with E-state index < -0.39 is 25.6 Å². The summed E-state index contributed by atoms with van der Waals surface area (Å²) in [6.07, 6.45) is 4.81. The van der Waals surface area contributed by atoms with Gasteiger partial charge in [-0.1, -0.05) is 20.8 Å². The summed E-state index contributed by atoms with van der Waals surface area (Å²) < 4.78 is 20.2. The summed E-state index contributed by atoms with van der Waals surface area (Å²) in [6, 6.07) is 0. The number of epoxide rings is 1. The Labute approximate surface area is 159 Å². The molecule has 0 aromatic heterocycles. The summed E-state index contributed by atoms with van der Waals surface area (Å²) in [6.45, 7) is 16.0. The van der Waals surface area contributed by atoms with Gasteiger partial charge in [-0.15, -0.1) is 0 Å². The zero-order valence-corrected chi connectivity index (χ0v) is 18.5. The number of aliphatic hydroxyl groups is 1. The first-order valence-electron chi connectivity index (χ1n) is 10.6. The molecule has 3 saturated heterocycles. The van der Waals surface area contributed by atoms with Gasteiger partial charge in [-0.2, -0.15) is 0 Å². The van der Waals surface area contributed by atoms with Crippen LogP contribution in [0.2, 0.25) is 18.1 Å². The Kier molecular flexibility index (Phi) is 3.21. The van der Waals surface area contributed by atoms with E-state index in [0.717, 1.165) is 32.1 Å². The fraction of sp³-hybridized carbons (Fsp3) is 1.00. The van der Waals surface area contributed by atoms with Crippen molar-refractivity contribution in [3.63, 3.8) is 0 Å². The molecule has 7 atom stereocenters. The van der Waals surface area contributed by atoms with Crippen molar-refractivity contribution in [1.82, 2.24) is 0 Å². The quantitative estimate of drug-likeness (QED) is 0.593. The van der Waals surface area contributed by atoms with Gasteiger partial charge in [0.15, 0.2) is 8.32 Å². The van der Waals surface area contributed by atoms with E-state index in [1.54, 1.807) is 0 Å². The van der Waals surface area contributed by atoms with Crippen molar-refractivity contribution in [3.05, 3.63) is 0 Å². The highest BCUT2D eigenvalue weighted by molar-refractivity contribution is 6.74. The van der Waals surface area contributed by atoms with Crippen LogP contribution in [-0.2, 0) is 13.9 Å². The lowest BCUT2D eigenvalue weighted by Gasteiger charge is -2.51. The maximum Gasteiger partial charge on any atom is 0.192 e. The first-order valence-corrected chi connectivity index (χ1v) is 13.5. The molecule has 148 valence electrons. The smallest absolute Gasteiger partial charge is 0.192 e. The highest BCUT2D eigenvalue weighted by Crippen LogP contribution is 2.76. The SMILES string of the molecule is CC(C)(C)[Si](C)(C)O[C@@H]1C[C@]2(C3CC3)O[C@@]1(C)[C@@H]1CC[C@]3(C)O[C@]13[C@@H]2O. The summed E-state index contributed by atoms with van der Waals surface area (Å²) in [7, 11) is -1.92. The standard InChI is InChI=1S/C21H36O4Si/c1-17(2,3)26(6,7)23-15-12-20(13-8-9-13)16(22)21-14(19(15,5)25-20)10-11-18(21,4)24-21/h13-16,22H,8-12H2,1-7H3/t14-,15+,16+,18-,19-,20+,21-/m0/s1. The van der Waals surface area contributed by atoms with E-state index in [-0.39, 0.29) is 28.3 Å². The molecule has 1 N–H and O–H groups in total. The van der Waals surface area contributed by atoms with Crippen LogP contribution in [0.5, 0.6) is 0 Å². The highest BCUT2D eigenvalue weighted by Gasteiger charge is 2.89. The predicted octanol–water partition coefficient (Wildman–Crippen LogP) is 4.02. The first kappa shape index (κ1) is 18.1. The Bertz CT molecular complexity index is 655. The monoisotopic (exact) mass is 380 g/mol. The average Bonchev–Trinajstić information content (AvgIpc) is 3.39. The summed E-state index contributed by atoms with van der Waals surface area (Å²) >= 11 is 0. The van der Waals surface area contributed by atoms with E-state index in [0.29, 0.717) is 5.92 Å². The van der Waals surface area contributed by atoms with Gasteiger partial charge in [-0.05, 0) is 63.6 Å². The van der Waals surface area contributed by atoms with Crippen molar-refractivity contribution >= 4 is 8.32 Å². The Balaban J connectivity index is 1.56. The van der Waals surface area contributed by atoms with E-state index in [1.807, 2.05) is 0 Å². The second-order valence-corrected chi connectivity index (χ2v) is 16.5. The van der Waals surface area contributed by atoms with Crippen molar-refractivity contribution in [3.8, 4) is 0 Å². The van der Waals surface area contributed by atoms with E-state index in [2.05, 4.69) is 47.7 Å². The Morgan fingerprint density at radius 2 is 1.73 bits per heavy atom. The molecule has 5 aliphatic rings. The maximum atomic E-state index is 11.6. The molecule has 4 nitrogen and oxygen atoms in total. The summed E-state index contributed by atoms with van der Waals surface area (Å²) in [5.41, 5.74) is -1.35. The maximum absolute atomic E-state index is 11.6. The number of hydrogen-bond donors (Lipinski definition) is 1. The molecule has 2 saturated carbocycles. The van der Waals surface area contributed by atoms with Gasteiger partial charge in [0.2, 0.25) is 0 Å². The van der Waals surface area contributed by atoms with Gasteiger partial charge >= 0.3 is 0 Å². The lowest BCUT2D eigenvalue weighted by Crippen LogP contribution is -2.65. The molecule has 1 spiro atoms. The van der Waals surface area contributed by atoms with Gasteiger partial charge in [0.25, 0.3) is 0 Å².